The van der Waals surface area contributed by atoms with E-state index in [1.54, 1.807) is 0 Å². The molecular formula is C17H22N2O. The highest BCUT2D eigenvalue weighted by molar-refractivity contribution is 5.79. The van der Waals surface area contributed by atoms with Crippen LogP contribution in [0, 0.1) is 5.92 Å². The summed E-state index contributed by atoms with van der Waals surface area (Å²) in [5.74, 6) is 0.601. The third kappa shape index (κ3) is 2.56. The molecule has 1 N–H and O–H groups in total. The van der Waals surface area contributed by atoms with E-state index in [0.29, 0.717) is 5.92 Å². The first-order valence-corrected chi connectivity index (χ1v) is 7.49. The highest BCUT2D eigenvalue weighted by Crippen LogP contribution is 2.32. The average Bonchev–Trinajstić information content (AvgIpc) is 2.90. The summed E-state index contributed by atoms with van der Waals surface area (Å²) in [6.45, 7) is 6.25. The smallest absolute Gasteiger partial charge is 0.0795 e. The molecule has 0 radical (unpaired) electrons. The molecule has 2 heterocycles. The fourth-order valence-corrected chi connectivity index (χ4v) is 3.07. The fourth-order valence-electron chi connectivity index (χ4n) is 3.07. The molecule has 1 saturated heterocycles. The van der Waals surface area contributed by atoms with Crippen molar-refractivity contribution in [2.24, 2.45) is 5.92 Å². The number of likely N-dealkylation sites (N-methyl/N-ethyl adjacent to an activating group) is 1. The van der Waals surface area contributed by atoms with Crippen LogP contribution in [0.1, 0.15) is 31.9 Å². The molecule has 1 aromatic carbocycles. The van der Waals surface area contributed by atoms with Gasteiger partial charge in [-0.3, -0.25) is 4.98 Å². The lowest BCUT2D eigenvalue weighted by Crippen LogP contribution is -2.34. The molecule has 3 heteroatoms. The molecule has 2 aromatic rings. The molecule has 0 saturated carbocycles. The molecule has 106 valence electrons. The third-order valence-corrected chi connectivity index (χ3v) is 4.18. The number of hydrogen-bond donors (Lipinski definition) is 1. The van der Waals surface area contributed by atoms with Crippen LogP contribution in [0.15, 0.2) is 36.5 Å². The van der Waals surface area contributed by atoms with Crippen LogP contribution in [0.3, 0.4) is 0 Å². The normalized spacial score (nSPS) is 24.1. The van der Waals surface area contributed by atoms with Crippen LogP contribution in [0.25, 0.3) is 10.9 Å². The number of nitrogens with one attached hydrogen (secondary N) is 1. The zero-order valence-electron chi connectivity index (χ0n) is 12.2. The first-order chi connectivity index (χ1) is 9.79. The summed E-state index contributed by atoms with van der Waals surface area (Å²) in [6.07, 6.45) is 3.26. The SMILES string of the molecule is CCNC(c1ccc2ncccc2c1)C1OCCC1C. The van der Waals surface area contributed by atoms with Gasteiger partial charge in [0.25, 0.3) is 0 Å². The van der Waals surface area contributed by atoms with Crippen molar-refractivity contribution in [3.8, 4) is 0 Å². The van der Waals surface area contributed by atoms with E-state index in [4.69, 9.17) is 4.74 Å². The van der Waals surface area contributed by atoms with Gasteiger partial charge in [0.15, 0.2) is 0 Å². The minimum Gasteiger partial charge on any atom is -0.376 e. The van der Waals surface area contributed by atoms with Crippen molar-refractivity contribution in [2.45, 2.75) is 32.4 Å². The van der Waals surface area contributed by atoms with Crippen LogP contribution in [0.4, 0.5) is 0 Å². The van der Waals surface area contributed by atoms with Gasteiger partial charge in [-0.25, -0.2) is 0 Å². The Kier molecular flexibility index (Phi) is 3.99. The summed E-state index contributed by atoms with van der Waals surface area (Å²) < 4.78 is 5.97. The lowest BCUT2D eigenvalue weighted by atomic mass is 9.92. The maximum atomic E-state index is 5.97. The second kappa shape index (κ2) is 5.90. The van der Waals surface area contributed by atoms with Gasteiger partial charge in [0, 0.05) is 18.2 Å². The molecule has 0 amide bonds. The van der Waals surface area contributed by atoms with Crippen molar-refractivity contribution < 1.29 is 4.74 Å². The lowest BCUT2D eigenvalue weighted by Gasteiger charge is -2.27. The van der Waals surface area contributed by atoms with Crippen LogP contribution >= 0.6 is 0 Å². The number of hydrogen-bond acceptors (Lipinski definition) is 3. The quantitative estimate of drug-likeness (QED) is 0.925. The Morgan fingerprint density at radius 3 is 3.05 bits per heavy atom. The van der Waals surface area contributed by atoms with Crippen LogP contribution in [0.5, 0.6) is 0 Å². The van der Waals surface area contributed by atoms with Crippen LogP contribution < -0.4 is 5.32 Å². The van der Waals surface area contributed by atoms with Crippen molar-refractivity contribution >= 4 is 10.9 Å². The standard InChI is InChI=1S/C17H22N2O/c1-3-18-16(17-12(2)8-10-20-17)14-6-7-15-13(11-14)5-4-9-19-15/h4-7,9,11-12,16-18H,3,8,10H2,1-2H3. The minimum absolute atomic E-state index is 0.266. The zero-order chi connectivity index (χ0) is 13.9. The second-order valence-electron chi connectivity index (χ2n) is 5.59. The maximum absolute atomic E-state index is 5.97. The Balaban J connectivity index is 1.96. The summed E-state index contributed by atoms with van der Waals surface area (Å²) in [5, 5.41) is 4.78. The van der Waals surface area contributed by atoms with Crippen LogP contribution in [0.2, 0.25) is 0 Å². The predicted octanol–water partition coefficient (Wildman–Crippen LogP) is 3.31. The monoisotopic (exact) mass is 270 g/mol. The summed E-state index contributed by atoms with van der Waals surface area (Å²) in [5.41, 5.74) is 2.35. The van der Waals surface area contributed by atoms with E-state index in [1.807, 2.05) is 12.3 Å². The first-order valence-electron chi connectivity index (χ1n) is 7.49. The van der Waals surface area contributed by atoms with Gasteiger partial charge in [-0.2, -0.15) is 0 Å². The number of aromatic nitrogens is 1. The Bertz CT molecular complexity index is 584. The van der Waals surface area contributed by atoms with Gasteiger partial charge < -0.3 is 10.1 Å². The molecule has 3 nitrogen and oxygen atoms in total. The van der Waals surface area contributed by atoms with Crippen molar-refractivity contribution in [2.75, 3.05) is 13.2 Å². The van der Waals surface area contributed by atoms with Gasteiger partial charge in [0.05, 0.1) is 17.7 Å². The number of fused-ring (bicyclic) bond motifs is 1. The molecule has 0 bridgehead atoms. The molecule has 0 spiro atoms. The highest BCUT2D eigenvalue weighted by Gasteiger charge is 2.32. The highest BCUT2D eigenvalue weighted by atomic mass is 16.5. The topological polar surface area (TPSA) is 34.2 Å². The van der Waals surface area contributed by atoms with E-state index in [-0.39, 0.29) is 12.1 Å². The number of nitrogens with zero attached hydrogens (tertiary/aromatic N) is 1. The molecule has 1 aliphatic rings. The van der Waals surface area contributed by atoms with E-state index >= 15 is 0 Å². The van der Waals surface area contributed by atoms with Crippen molar-refractivity contribution in [1.29, 1.82) is 0 Å². The maximum Gasteiger partial charge on any atom is 0.0795 e. The molecule has 1 fully saturated rings. The molecule has 3 atom stereocenters. The number of benzene rings is 1. The molecule has 0 aliphatic carbocycles. The Labute approximate surface area is 120 Å². The summed E-state index contributed by atoms with van der Waals surface area (Å²) in [6, 6.07) is 10.9. The summed E-state index contributed by atoms with van der Waals surface area (Å²) in [4.78, 5) is 4.39. The van der Waals surface area contributed by atoms with Crippen molar-refractivity contribution in [1.82, 2.24) is 10.3 Å². The van der Waals surface area contributed by atoms with Gasteiger partial charge in [0.2, 0.25) is 0 Å². The number of pyridine rings is 1. The van der Waals surface area contributed by atoms with Crippen LogP contribution in [-0.2, 0) is 4.74 Å². The minimum atomic E-state index is 0.266. The number of rotatable bonds is 4. The molecule has 1 aromatic heterocycles. The number of ether oxygens (including phenoxy) is 1. The van der Waals surface area contributed by atoms with E-state index in [0.717, 1.165) is 25.1 Å². The van der Waals surface area contributed by atoms with E-state index < -0.39 is 0 Å². The van der Waals surface area contributed by atoms with E-state index in [1.165, 1.54) is 10.9 Å². The van der Waals surface area contributed by atoms with Gasteiger partial charge in [-0.1, -0.05) is 26.0 Å². The Morgan fingerprint density at radius 2 is 2.30 bits per heavy atom. The Hall–Kier alpha value is -1.45. The predicted molar refractivity (Wildman–Crippen MR) is 81.7 cm³/mol. The van der Waals surface area contributed by atoms with Crippen molar-refractivity contribution in [3.05, 3.63) is 42.1 Å². The molecule has 20 heavy (non-hydrogen) atoms. The largest absolute Gasteiger partial charge is 0.376 e. The van der Waals surface area contributed by atoms with E-state index in [9.17, 15) is 0 Å². The first kappa shape index (κ1) is 13.5. The third-order valence-electron chi connectivity index (χ3n) is 4.18. The van der Waals surface area contributed by atoms with Gasteiger partial charge >= 0.3 is 0 Å². The average molecular weight is 270 g/mol. The van der Waals surface area contributed by atoms with Gasteiger partial charge in [-0.05, 0) is 42.6 Å². The lowest BCUT2D eigenvalue weighted by molar-refractivity contribution is 0.0612. The van der Waals surface area contributed by atoms with E-state index in [2.05, 4.69) is 48.4 Å². The molecule has 3 unspecified atom stereocenters. The molecular weight excluding hydrogens is 248 g/mol. The zero-order valence-corrected chi connectivity index (χ0v) is 12.2. The fraction of sp³-hybridized carbons (Fsp3) is 0.471. The van der Waals surface area contributed by atoms with Gasteiger partial charge in [-0.15, -0.1) is 0 Å². The van der Waals surface area contributed by atoms with Gasteiger partial charge in [0.1, 0.15) is 0 Å². The summed E-state index contributed by atoms with van der Waals surface area (Å²) in [7, 11) is 0. The summed E-state index contributed by atoms with van der Waals surface area (Å²) >= 11 is 0. The van der Waals surface area contributed by atoms with Crippen molar-refractivity contribution in [3.63, 3.8) is 0 Å². The molecule has 3 rings (SSSR count). The van der Waals surface area contributed by atoms with Crippen LogP contribution in [-0.4, -0.2) is 24.2 Å². The Morgan fingerprint density at radius 1 is 1.40 bits per heavy atom. The second-order valence-corrected chi connectivity index (χ2v) is 5.59. The molecule has 1 aliphatic heterocycles.